The second-order valence-corrected chi connectivity index (χ2v) is 8.60. The fourth-order valence-corrected chi connectivity index (χ4v) is 4.98. The molecule has 0 saturated carbocycles. The molecule has 1 amide bonds. The predicted molar refractivity (Wildman–Crippen MR) is 101 cm³/mol. The molecule has 0 aromatic heterocycles. The van der Waals surface area contributed by atoms with Crippen molar-refractivity contribution in [2.24, 2.45) is 0 Å². The van der Waals surface area contributed by atoms with Crippen molar-refractivity contribution in [2.75, 3.05) is 7.05 Å². The molecular formula is C21H22BrNO. The zero-order valence-corrected chi connectivity index (χ0v) is 16.0. The highest BCUT2D eigenvalue weighted by Gasteiger charge is 2.48. The molecule has 2 unspecified atom stereocenters. The van der Waals surface area contributed by atoms with Gasteiger partial charge in [-0.15, -0.1) is 0 Å². The zero-order chi connectivity index (χ0) is 17.1. The van der Waals surface area contributed by atoms with Gasteiger partial charge in [0.25, 0.3) is 5.91 Å². The number of alkyl halides is 1. The molecule has 2 nitrogen and oxygen atoms in total. The number of hydrogen-bond donors (Lipinski definition) is 0. The first kappa shape index (κ1) is 15.9. The van der Waals surface area contributed by atoms with Crippen molar-refractivity contribution in [3.05, 3.63) is 69.8 Å². The number of hydrogen-bond acceptors (Lipinski definition) is 1. The Morgan fingerprint density at radius 1 is 1.25 bits per heavy atom. The molecule has 2 atom stereocenters. The van der Waals surface area contributed by atoms with Gasteiger partial charge in [-0.05, 0) is 55.0 Å². The molecule has 2 aromatic carbocycles. The number of halogens is 1. The van der Waals surface area contributed by atoms with E-state index in [1.165, 1.54) is 22.3 Å². The third-order valence-electron chi connectivity index (χ3n) is 5.83. The Kier molecular flexibility index (Phi) is 3.61. The summed E-state index contributed by atoms with van der Waals surface area (Å²) in [5.74, 6) is 0.158. The zero-order valence-electron chi connectivity index (χ0n) is 14.4. The number of fused-ring (bicyclic) bond motifs is 3. The SMILES string of the molecule is Cc1cc2c(c(C(C)Br)c1)CC1(CCc3ccccc31)N(C)C2=O. The molecule has 0 saturated heterocycles. The van der Waals surface area contributed by atoms with Crippen molar-refractivity contribution in [1.29, 1.82) is 0 Å². The Labute approximate surface area is 152 Å². The van der Waals surface area contributed by atoms with Crippen molar-refractivity contribution in [3.63, 3.8) is 0 Å². The number of benzene rings is 2. The summed E-state index contributed by atoms with van der Waals surface area (Å²) in [6.45, 7) is 4.22. The lowest BCUT2D eigenvalue weighted by molar-refractivity contribution is 0.0504. The van der Waals surface area contributed by atoms with Gasteiger partial charge in [0.2, 0.25) is 0 Å². The van der Waals surface area contributed by atoms with Gasteiger partial charge in [0.05, 0.1) is 5.54 Å². The maximum atomic E-state index is 13.2. The van der Waals surface area contributed by atoms with Crippen molar-refractivity contribution >= 4 is 21.8 Å². The third kappa shape index (κ3) is 2.10. The second kappa shape index (κ2) is 5.45. The first-order valence-electron chi connectivity index (χ1n) is 8.58. The lowest BCUT2D eigenvalue weighted by Crippen LogP contribution is -2.51. The first-order valence-corrected chi connectivity index (χ1v) is 9.49. The fraction of sp³-hybridized carbons (Fsp3) is 0.381. The Hall–Kier alpha value is -1.61. The summed E-state index contributed by atoms with van der Waals surface area (Å²) in [6, 6.07) is 12.9. The topological polar surface area (TPSA) is 20.3 Å². The van der Waals surface area contributed by atoms with Gasteiger partial charge in [-0.3, -0.25) is 4.79 Å². The van der Waals surface area contributed by atoms with Crippen LogP contribution in [0.1, 0.15) is 56.3 Å². The monoisotopic (exact) mass is 383 g/mol. The molecule has 3 heteroatoms. The minimum atomic E-state index is -0.188. The van der Waals surface area contributed by atoms with E-state index in [1.807, 2.05) is 11.9 Å². The summed E-state index contributed by atoms with van der Waals surface area (Å²) in [4.78, 5) is 15.5. The molecule has 0 fully saturated rings. The molecular weight excluding hydrogens is 362 g/mol. The maximum absolute atomic E-state index is 13.2. The van der Waals surface area contributed by atoms with Gasteiger partial charge in [-0.25, -0.2) is 0 Å². The molecule has 4 rings (SSSR count). The Morgan fingerprint density at radius 2 is 2.00 bits per heavy atom. The van der Waals surface area contributed by atoms with E-state index in [1.54, 1.807) is 0 Å². The lowest BCUT2D eigenvalue weighted by atomic mass is 9.76. The van der Waals surface area contributed by atoms with Crippen LogP contribution in [-0.4, -0.2) is 17.9 Å². The van der Waals surface area contributed by atoms with Crippen LogP contribution in [0.25, 0.3) is 0 Å². The summed E-state index contributed by atoms with van der Waals surface area (Å²) in [5, 5.41) is 0. The summed E-state index contributed by atoms with van der Waals surface area (Å²) in [5.41, 5.74) is 7.06. The van der Waals surface area contributed by atoms with Gasteiger partial charge in [0.15, 0.2) is 0 Å². The number of aryl methyl sites for hydroxylation is 2. The Balaban J connectivity index is 1.94. The van der Waals surface area contributed by atoms with Crippen LogP contribution in [0.5, 0.6) is 0 Å². The normalized spacial score (nSPS) is 23.3. The van der Waals surface area contributed by atoms with E-state index in [-0.39, 0.29) is 16.3 Å². The van der Waals surface area contributed by atoms with Gasteiger partial charge >= 0.3 is 0 Å². The van der Waals surface area contributed by atoms with Crippen LogP contribution >= 0.6 is 15.9 Å². The number of carbonyl (C=O) groups excluding carboxylic acids is 1. The summed E-state index contributed by atoms with van der Waals surface area (Å²) in [7, 11) is 1.98. The summed E-state index contributed by atoms with van der Waals surface area (Å²) >= 11 is 3.73. The van der Waals surface area contributed by atoms with E-state index >= 15 is 0 Å². The van der Waals surface area contributed by atoms with Crippen molar-refractivity contribution in [2.45, 2.75) is 43.5 Å². The van der Waals surface area contributed by atoms with E-state index < -0.39 is 0 Å². The smallest absolute Gasteiger partial charge is 0.254 e. The molecule has 0 radical (unpaired) electrons. The fourth-order valence-electron chi connectivity index (χ4n) is 4.57. The van der Waals surface area contributed by atoms with Crippen LogP contribution < -0.4 is 0 Å². The van der Waals surface area contributed by atoms with Crippen LogP contribution in [0, 0.1) is 6.92 Å². The Morgan fingerprint density at radius 3 is 2.75 bits per heavy atom. The maximum Gasteiger partial charge on any atom is 0.254 e. The largest absolute Gasteiger partial charge is 0.332 e. The molecule has 1 aliphatic heterocycles. The van der Waals surface area contributed by atoms with Crippen molar-refractivity contribution < 1.29 is 4.79 Å². The van der Waals surface area contributed by atoms with Crippen LogP contribution in [-0.2, 0) is 18.4 Å². The molecule has 1 spiro atoms. The van der Waals surface area contributed by atoms with Gasteiger partial charge in [0.1, 0.15) is 0 Å². The van der Waals surface area contributed by atoms with Crippen molar-refractivity contribution in [1.82, 2.24) is 4.90 Å². The summed E-state index contributed by atoms with van der Waals surface area (Å²) in [6.07, 6.45) is 2.97. The van der Waals surface area contributed by atoms with Crippen LogP contribution in [0.3, 0.4) is 0 Å². The van der Waals surface area contributed by atoms with E-state index in [0.717, 1.165) is 30.4 Å². The van der Waals surface area contributed by atoms with Gasteiger partial charge in [0, 0.05) is 23.9 Å². The van der Waals surface area contributed by atoms with Crippen molar-refractivity contribution in [3.8, 4) is 0 Å². The van der Waals surface area contributed by atoms with E-state index in [2.05, 4.69) is 66.2 Å². The molecule has 1 aliphatic carbocycles. The third-order valence-corrected chi connectivity index (χ3v) is 6.32. The number of nitrogens with zero attached hydrogens (tertiary/aromatic N) is 1. The minimum Gasteiger partial charge on any atom is -0.332 e. The highest BCUT2D eigenvalue weighted by atomic mass is 79.9. The molecule has 24 heavy (non-hydrogen) atoms. The average molecular weight is 384 g/mol. The number of amides is 1. The lowest BCUT2D eigenvalue weighted by Gasteiger charge is -2.45. The van der Waals surface area contributed by atoms with Crippen LogP contribution in [0.15, 0.2) is 36.4 Å². The van der Waals surface area contributed by atoms with Gasteiger partial charge in [-0.1, -0.05) is 51.8 Å². The standard InChI is InChI=1S/C21H22BrNO/c1-13-10-16(14(2)22)18-12-21(23(3)20(24)17(18)11-13)9-8-15-6-4-5-7-19(15)21/h4-7,10-11,14H,8-9,12H2,1-3H3. The molecule has 2 aromatic rings. The van der Waals surface area contributed by atoms with Gasteiger partial charge < -0.3 is 4.90 Å². The number of rotatable bonds is 1. The van der Waals surface area contributed by atoms with E-state index in [9.17, 15) is 4.79 Å². The molecule has 0 bridgehead atoms. The quantitative estimate of drug-likeness (QED) is 0.639. The second-order valence-electron chi connectivity index (χ2n) is 7.23. The molecule has 124 valence electrons. The van der Waals surface area contributed by atoms with Gasteiger partial charge in [-0.2, -0.15) is 0 Å². The molecule has 1 heterocycles. The molecule has 0 N–H and O–H groups in total. The minimum absolute atomic E-state index is 0.158. The highest BCUT2D eigenvalue weighted by molar-refractivity contribution is 9.09. The van der Waals surface area contributed by atoms with Crippen LogP contribution in [0.2, 0.25) is 0 Å². The highest BCUT2D eigenvalue weighted by Crippen LogP contribution is 2.48. The van der Waals surface area contributed by atoms with Crippen LogP contribution in [0.4, 0.5) is 0 Å². The predicted octanol–water partition coefficient (Wildman–Crippen LogP) is 4.92. The number of likely N-dealkylation sites (N-methyl/N-ethyl adjacent to an activating group) is 1. The van der Waals surface area contributed by atoms with E-state index in [4.69, 9.17) is 0 Å². The number of carbonyl (C=O) groups is 1. The molecule has 2 aliphatic rings. The van der Waals surface area contributed by atoms with E-state index in [0.29, 0.717) is 0 Å². The summed E-state index contributed by atoms with van der Waals surface area (Å²) < 4.78 is 0. The average Bonchev–Trinajstić information content (AvgIpc) is 2.93. The Bertz CT molecular complexity index is 842. The first-order chi connectivity index (χ1) is 11.4.